The molecule has 0 aliphatic heterocycles. The summed E-state index contributed by atoms with van der Waals surface area (Å²) in [6.45, 7) is 3.50. The van der Waals surface area contributed by atoms with Gasteiger partial charge in [0.15, 0.2) is 0 Å². The fourth-order valence-electron chi connectivity index (χ4n) is 0.481. The van der Waals surface area contributed by atoms with Crippen LogP contribution in [0.4, 0.5) is 0 Å². The van der Waals surface area contributed by atoms with Crippen molar-refractivity contribution in [1.29, 1.82) is 0 Å². The molecule has 0 bridgehead atoms. The summed E-state index contributed by atoms with van der Waals surface area (Å²) in [4.78, 5) is 0. The van der Waals surface area contributed by atoms with E-state index >= 15 is 0 Å². The molecule has 1 nitrogen and oxygen atoms in total. The maximum Gasteiger partial charge on any atom is 0.140 e. The Hall–Kier alpha value is -0.180. The summed E-state index contributed by atoms with van der Waals surface area (Å²) in [6.07, 6.45) is 8.52. The van der Waals surface area contributed by atoms with E-state index in [0.717, 1.165) is 0 Å². The predicted molar refractivity (Wildman–Crippen MR) is 52.2 cm³/mol. The van der Waals surface area contributed by atoms with Crippen molar-refractivity contribution >= 4 is 22.8 Å². The maximum atomic E-state index is 10.6. The number of allylic oxidation sites excluding steroid dienone is 4. The van der Waals surface area contributed by atoms with Gasteiger partial charge >= 0.3 is 0 Å². The van der Waals surface area contributed by atoms with Crippen LogP contribution in [0.3, 0.4) is 0 Å². The van der Waals surface area contributed by atoms with Gasteiger partial charge in [-0.15, -0.1) is 0 Å². The van der Waals surface area contributed by atoms with E-state index in [2.05, 4.69) is 6.58 Å². The van der Waals surface area contributed by atoms with Gasteiger partial charge in [-0.2, -0.15) is 0 Å². The molecule has 0 aromatic rings. The Bertz CT molecular complexity index is 173. The third-order valence-electron chi connectivity index (χ3n) is 0.865. The highest BCUT2D eigenvalue weighted by molar-refractivity contribution is 7.90. The molecule has 0 aromatic carbocycles. The van der Waals surface area contributed by atoms with E-state index in [1.54, 1.807) is 30.6 Å². The average molecular weight is 191 g/mol. The van der Waals surface area contributed by atoms with Crippen molar-refractivity contribution in [2.24, 2.45) is 0 Å². The highest BCUT2D eigenvalue weighted by atomic mass is 35.5. The molecular formula is C8H11ClOS. The van der Waals surface area contributed by atoms with E-state index in [9.17, 15) is 4.55 Å². The molecule has 3 heteroatoms. The second-order valence-corrected chi connectivity index (χ2v) is 3.87. The third-order valence-corrected chi connectivity index (χ3v) is 2.00. The van der Waals surface area contributed by atoms with Crippen molar-refractivity contribution < 1.29 is 4.55 Å². The molecule has 0 amide bonds. The SMILES string of the molecule is C=C/C=C\C=C(\Cl)C[S+](C)[O-]. The van der Waals surface area contributed by atoms with Crippen LogP contribution in [-0.4, -0.2) is 16.6 Å². The Morgan fingerprint density at radius 2 is 2.27 bits per heavy atom. The van der Waals surface area contributed by atoms with Crippen LogP contribution in [0.5, 0.6) is 0 Å². The number of rotatable bonds is 4. The highest BCUT2D eigenvalue weighted by Crippen LogP contribution is 2.04. The fraction of sp³-hybridized carbons (Fsp3) is 0.250. The number of hydrogen-bond donors (Lipinski definition) is 0. The first-order valence-electron chi connectivity index (χ1n) is 3.10. The van der Waals surface area contributed by atoms with Crippen LogP contribution in [0.15, 0.2) is 35.9 Å². The molecule has 11 heavy (non-hydrogen) atoms. The molecule has 0 heterocycles. The minimum absolute atomic E-state index is 0.420. The van der Waals surface area contributed by atoms with E-state index in [1.165, 1.54) is 0 Å². The zero-order valence-corrected chi connectivity index (χ0v) is 7.99. The van der Waals surface area contributed by atoms with Crippen LogP contribution in [0.1, 0.15) is 0 Å². The van der Waals surface area contributed by atoms with Crippen LogP contribution >= 0.6 is 11.6 Å². The summed E-state index contributed by atoms with van der Waals surface area (Å²) in [7, 11) is 0. The van der Waals surface area contributed by atoms with Gasteiger partial charge in [0.05, 0.1) is 11.3 Å². The Morgan fingerprint density at radius 1 is 1.64 bits per heavy atom. The minimum Gasteiger partial charge on any atom is -0.616 e. The van der Waals surface area contributed by atoms with Gasteiger partial charge in [0.25, 0.3) is 0 Å². The number of halogens is 1. The standard InChI is InChI=1S/C8H11ClOS/c1-3-4-5-6-8(9)7-11(2)10/h3-6H,1,7H2,2H3/b5-4-,8-6+. The van der Waals surface area contributed by atoms with Gasteiger partial charge in [-0.1, -0.05) is 47.6 Å². The molecule has 0 aliphatic rings. The van der Waals surface area contributed by atoms with Gasteiger partial charge in [-0.05, 0) is 6.08 Å². The lowest BCUT2D eigenvalue weighted by molar-refractivity contribution is 0.603. The molecule has 0 rings (SSSR count). The molecule has 62 valence electrons. The van der Waals surface area contributed by atoms with Crippen LogP contribution < -0.4 is 0 Å². The summed E-state index contributed by atoms with van der Waals surface area (Å²) in [5.41, 5.74) is 0. The van der Waals surface area contributed by atoms with Crippen molar-refractivity contribution in [2.45, 2.75) is 0 Å². The summed E-state index contributed by atoms with van der Waals surface area (Å²) in [5, 5.41) is 0.601. The maximum absolute atomic E-state index is 10.6. The summed E-state index contributed by atoms with van der Waals surface area (Å²) < 4.78 is 10.6. The quantitative estimate of drug-likeness (QED) is 0.493. The summed E-state index contributed by atoms with van der Waals surface area (Å²) in [6, 6.07) is 0. The van der Waals surface area contributed by atoms with Gasteiger partial charge in [0.1, 0.15) is 5.75 Å². The van der Waals surface area contributed by atoms with Gasteiger partial charge in [-0.3, -0.25) is 0 Å². The Kier molecular flexibility index (Phi) is 6.42. The molecule has 0 saturated carbocycles. The van der Waals surface area contributed by atoms with E-state index in [-0.39, 0.29) is 0 Å². The average Bonchev–Trinajstić information content (AvgIpc) is 1.86. The van der Waals surface area contributed by atoms with Crippen LogP contribution in [-0.2, 0) is 11.2 Å². The number of hydrogen-bond acceptors (Lipinski definition) is 1. The zero-order valence-electron chi connectivity index (χ0n) is 6.42. The van der Waals surface area contributed by atoms with Gasteiger partial charge in [0, 0.05) is 0 Å². The van der Waals surface area contributed by atoms with Crippen molar-refractivity contribution in [3.63, 3.8) is 0 Å². The molecule has 0 N–H and O–H groups in total. The van der Waals surface area contributed by atoms with Crippen LogP contribution in [0.2, 0.25) is 0 Å². The van der Waals surface area contributed by atoms with E-state index in [4.69, 9.17) is 11.6 Å². The van der Waals surface area contributed by atoms with E-state index in [1.807, 2.05) is 0 Å². The van der Waals surface area contributed by atoms with Crippen LogP contribution in [0, 0.1) is 0 Å². The molecule has 0 fully saturated rings. The predicted octanol–water partition coefficient (Wildman–Crippen LogP) is 2.23. The van der Waals surface area contributed by atoms with Gasteiger partial charge < -0.3 is 4.55 Å². The summed E-state index contributed by atoms with van der Waals surface area (Å²) in [5.74, 6) is 0.420. The highest BCUT2D eigenvalue weighted by Gasteiger charge is 1.98. The normalized spacial score (nSPS) is 15.4. The molecular weight excluding hydrogens is 180 g/mol. The van der Waals surface area contributed by atoms with Gasteiger partial charge in [-0.25, -0.2) is 0 Å². The van der Waals surface area contributed by atoms with Crippen LogP contribution in [0.25, 0.3) is 0 Å². The molecule has 0 aromatic heterocycles. The van der Waals surface area contributed by atoms with E-state index < -0.39 is 11.2 Å². The molecule has 0 saturated heterocycles. The lowest BCUT2D eigenvalue weighted by Gasteiger charge is -2.01. The largest absolute Gasteiger partial charge is 0.616 e. The zero-order chi connectivity index (χ0) is 8.69. The smallest absolute Gasteiger partial charge is 0.140 e. The van der Waals surface area contributed by atoms with Crippen molar-refractivity contribution in [3.05, 3.63) is 35.9 Å². The third kappa shape index (κ3) is 7.72. The fourth-order valence-corrected chi connectivity index (χ4v) is 1.50. The molecule has 0 radical (unpaired) electrons. The Balaban J connectivity index is 3.80. The van der Waals surface area contributed by atoms with E-state index in [0.29, 0.717) is 10.8 Å². The summed E-state index contributed by atoms with van der Waals surface area (Å²) >= 11 is 4.83. The molecule has 1 atom stereocenters. The topological polar surface area (TPSA) is 23.1 Å². The molecule has 1 unspecified atom stereocenters. The second kappa shape index (κ2) is 6.53. The van der Waals surface area contributed by atoms with Crippen molar-refractivity contribution in [3.8, 4) is 0 Å². The lowest BCUT2D eigenvalue weighted by Crippen LogP contribution is -2.02. The minimum atomic E-state index is -0.861. The molecule has 0 spiro atoms. The van der Waals surface area contributed by atoms with Gasteiger partial charge in [0.2, 0.25) is 0 Å². The first kappa shape index (κ1) is 10.8. The Morgan fingerprint density at radius 3 is 2.73 bits per heavy atom. The van der Waals surface area contributed by atoms with Crippen molar-refractivity contribution in [1.82, 2.24) is 0 Å². The first-order chi connectivity index (χ1) is 5.16. The Labute approximate surface area is 75.6 Å². The first-order valence-corrected chi connectivity index (χ1v) is 5.21. The second-order valence-electron chi connectivity index (χ2n) is 1.95. The van der Waals surface area contributed by atoms with Crippen molar-refractivity contribution in [2.75, 3.05) is 12.0 Å². The lowest BCUT2D eigenvalue weighted by atomic mass is 10.4. The monoisotopic (exact) mass is 190 g/mol. The molecule has 0 aliphatic carbocycles.